The molecule has 0 aromatic heterocycles. The van der Waals surface area contributed by atoms with Crippen molar-refractivity contribution < 1.29 is 157 Å². The smallest absolute Gasteiger partial charge is 0.326 e. The van der Waals surface area contributed by atoms with Gasteiger partial charge in [0, 0.05) is 44.9 Å². The van der Waals surface area contributed by atoms with Gasteiger partial charge in [0.25, 0.3) is 0 Å². The Labute approximate surface area is 589 Å². The van der Waals surface area contributed by atoms with E-state index < -0.39 is 331 Å². The van der Waals surface area contributed by atoms with Crippen LogP contribution in [0.5, 0.6) is 0 Å². The summed E-state index contributed by atoms with van der Waals surface area (Å²) >= 11 is 0. The average molecular weight is 1490 g/mol. The number of aliphatic hydroxyl groups is 1. The molecule has 0 bridgehead atoms. The molecule has 13 amide bonds. The van der Waals surface area contributed by atoms with Gasteiger partial charge in [-0.1, -0.05) is 27.7 Å². The molecular weight excluding hydrogens is 1400 g/mol. The van der Waals surface area contributed by atoms with Gasteiger partial charge < -0.3 is 126 Å². The summed E-state index contributed by atoms with van der Waals surface area (Å²) in [5.41, 5.74) is 5.79. The molecule has 46 heteroatoms. The molecule has 0 aromatic carbocycles. The van der Waals surface area contributed by atoms with Gasteiger partial charge in [-0.15, -0.1) is 0 Å². The number of carbonyl (C=O) groups excluding carboxylic acids is 13. The lowest BCUT2D eigenvalue weighted by Gasteiger charge is -2.27. The number of carbonyl (C=O) groups is 22. The molecule has 0 radical (unpaired) electrons. The van der Waals surface area contributed by atoms with Gasteiger partial charge >= 0.3 is 53.7 Å². The summed E-state index contributed by atoms with van der Waals surface area (Å²) in [5, 5.41) is 121. The Balaban J connectivity index is 6.50. The number of amides is 13. The number of aliphatic carboxylic acids is 9. The van der Waals surface area contributed by atoms with Crippen LogP contribution in [0.4, 0.5) is 0 Å². The van der Waals surface area contributed by atoms with Crippen molar-refractivity contribution in [1.82, 2.24) is 69.1 Å². The zero-order valence-electron chi connectivity index (χ0n) is 56.5. The topological polar surface area (TPSA) is 760 Å². The number of nitrogens with two attached hydrogens (primary N) is 1. The second-order valence-corrected chi connectivity index (χ2v) is 23.5. The molecule has 104 heavy (non-hydrogen) atoms. The molecule has 0 fully saturated rings. The van der Waals surface area contributed by atoms with E-state index in [4.69, 9.17) is 10.8 Å². The maximum Gasteiger partial charge on any atom is 0.326 e. The second kappa shape index (κ2) is 47.4. The van der Waals surface area contributed by atoms with Crippen LogP contribution < -0.4 is 74.9 Å². The lowest BCUT2D eigenvalue weighted by Crippen LogP contribution is -2.61. The van der Waals surface area contributed by atoms with E-state index in [9.17, 15) is 151 Å². The largest absolute Gasteiger partial charge is 0.481 e. The predicted molar refractivity (Wildman–Crippen MR) is 341 cm³/mol. The van der Waals surface area contributed by atoms with Crippen molar-refractivity contribution in [3.63, 3.8) is 0 Å². The third kappa shape index (κ3) is 38.7. The summed E-state index contributed by atoms with van der Waals surface area (Å²) in [6, 6.07) is -19.9. The van der Waals surface area contributed by atoms with E-state index in [0.29, 0.717) is 0 Å². The first-order valence-corrected chi connectivity index (χ1v) is 31.6. The molecule has 0 aliphatic carbocycles. The SMILES string of the molecule is CC(C)[C@H](N)C(=O)N[C@@H](CC(=O)O)C(=O)N[C@@H](CO)C(=O)N[C@H](C(=O)N[C@@H](CCC(=O)O)C(=O)NCC(=O)N[C@@H](CCC(=O)O)C(=O)NCC(=O)N[C@@H](CCC(=O)O)C(=O)N[C@@H](CCC(=O)O)C(=O)N[C@@H](CCC(=O)O)C(=O)NCC(=O)N[C@@H](CCC(=O)O)C(=O)N[C@@H](CCC(=O)O)C(=O)O)C(C)C. The first kappa shape index (κ1) is 92.3. The number of carboxylic acid groups (broad SMARTS) is 9. The maximum atomic E-state index is 13.8. The molecule has 0 rings (SSSR count). The van der Waals surface area contributed by atoms with Crippen molar-refractivity contribution >= 4 is 131 Å². The predicted octanol–water partition coefficient (Wildman–Crippen LogP) is -9.57. The van der Waals surface area contributed by atoms with Crippen molar-refractivity contribution in [1.29, 1.82) is 0 Å². The second-order valence-electron chi connectivity index (χ2n) is 23.5. The van der Waals surface area contributed by atoms with E-state index >= 15 is 0 Å². The third-order valence-electron chi connectivity index (χ3n) is 14.4. The van der Waals surface area contributed by atoms with Crippen molar-refractivity contribution in [3.05, 3.63) is 0 Å². The monoisotopic (exact) mass is 1490 g/mol. The van der Waals surface area contributed by atoms with Crippen molar-refractivity contribution in [3.8, 4) is 0 Å². The molecule has 0 spiro atoms. The molecule has 582 valence electrons. The minimum absolute atomic E-state index is 0.464. The Kier molecular flexibility index (Phi) is 42.0. The van der Waals surface area contributed by atoms with E-state index in [0.717, 1.165) is 0 Å². The number of hydrogen-bond acceptors (Lipinski definition) is 24. The maximum absolute atomic E-state index is 13.8. The van der Waals surface area contributed by atoms with Crippen LogP contribution >= 0.6 is 0 Å². The molecule has 25 N–H and O–H groups in total. The lowest BCUT2D eigenvalue weighted by molar-refractivity contribution is -0.144. The third-order valence-corrected chi connectivity index (χ3v) is 14.4. The highest BCUT2D eigenvalue weighted by molar-refractivity contribution is 6.00. The summed E-state index contributed by atoms with van der Waals surface area (Å²) < 4.78 is 0. The first-order valence-electron chi connectivity index (χ1n) is 31.6. The Bertz CT molecular complexity index is 3160. The van der Waals surface area contributed by atoms with E-state index in [2.05, 4.69) is 47.9 Å². The molecule has 0 aliphatic heterocycles. The molecule has 0 aliphatic rings. The standard InChI is InChI=1S/C58H88N14O32/c1-24(2)46(59)56(101)70-33(19-45(91)92)54(99)71-34(23-73)55(100)72-47(25(3)4)57(102)68-28(7-14-40(81)82)50(95)62-20-35(74)63-26(5-12-38(77)78)48(93)60-21-36(75)64-29(8-15-41(83)84)51(96)67-31(10-17-43(87)88)53(98)66-27(6-13-39(79)80)49(94)61-22-37(76)65-30(9-16-42(85)86)52(97)69-32(58(103)104)11-18-44(89)90/h24-34,46-47,73H,5-23,59H2,1-4H3,(H,60,93)(H,61,94)(H,62,95)(H,63,74)(H,64,75)(H,65,76)(H,66,98)(H,67,96)(H,68,102)(H,69,97)(H,70,101)(H,71,99)(H,72,100)(H,77,78)(H,79,80)(H,81,82)(H,83,84)(H,85,86)(H,87,88)(H,89,90)(H,91,92)(H,103,104)/t26-,27-,28-,29-,30-,31-,32-,33-,34-,46-,47-/m0/s1. The lowest BCUT2D eigenvalue weighted by atomic mass is 10.0. The van der Waals surface area contributed by atoms with Crippen LogP contribution in [-0.4, -0.2) is 274 Å². The number of rotatable bonds is 53. The summed E-state index contributed by atoms with van der Waals surface area (Å²) in [6.07, 6.45) is -12.2. The van der Waals surface area contributed by atoms with Gasteiger partial charge in [-0.05, 0) is 56.8 Å². The van der Waals surface area contributed by atoms with Crippen molar-refractivity contribution in [2.24, 2.45) is 17.6 Å². The number of aliphatic hydroxyl groups excluding tert-OH is 1. The Hall–Kier alpha value is -11.7. The molecule has 0 saturated carbocycles. The number of carboxylic acids is 9. The number of nitrogens with one attached hydrogen (secondary N) is 13. The van der Waals surface area contributed by atoms with E-state index in [1.54, 1.807) is 13.8 Å². The van der Waals surface area contributed by atoms with Gasteiger partial charge in [0.1, 0.15) is 60.4 Å². The van der Waals surface area contributed by atoms with Crippen LogP contribution in [0, 0.1) is 11.8 Å². The van der Waals surface area contributed by atoms with Gasteiger partial charge in [0.2, 0.25) is 76.8 Å². The van der Waals surface area contributed by atoms with Crippen LogP contribution in [0.1, 0.15) is 124 Å². The summed E-state index contributed by atoms with van der Waals surface area (Å²) in [5.74, 6) is -31.9. The fourth-order valence-corrected chi connectivity index (χ4v) is 8.64. The van der Waals surface area contributed by atoms with Gasteiger partial charge in [-0.25, -0.2) is 4.79 Å². The molecule has 0 saturated heterocycles. The van der Waals surface area contributed by atoms with Crippen LogP contribution in [0.3, 0.4) is 0 Å². The summed E-state index contributed by atoms with van der Waals surface area (Å²) in [6.45, 7) is 1.32. The molecular formula is C58H88N14O32. The zero-order chi connectivity index (χ0) is 79.8. The summed E-state index contributed by atoms with van der Waals surface area (Å²) in [4.78, 5) is 277. The van der Waals surface area contributed by atoms with Crippen molar-refractivity contribution in [2.45, 2.75) is 190 Å². The van der Waals surface area contributed by atoms with Gasteiger partial charge in [-0.3, -0.25) is 101 Å². The highest BCUT2D eigenvalue weighted by Gasteiger charge is 2.37. The summed E-state index contributed by atoms with van der Waals surface area (Å²) in [7, 11) is 0. The average Bonchev–Trinajstić information content (AvgIpc) is 0.853. The van der Waals surface area contributed by atoms with Gasteiger partial charge in [0.15, 0.2) is 0 Å². The van der Waals surface area contributed by atoms with E-state index in [-0.39, 0.29) is 0 Å². The molecule has 11 atom stereocenters. The van der Waals surface area contributed by atoms with Gasteiger partial charge in [-0.2, -0.15) is 0 Å². The zero-order valence-corrected chi connectivity index (χ0v) is 56.5. The highest BCUT2D eigenvalue weighted by atomic mass is 16.4. The highest BCUT2D eigenvalue weighted by Crippen LogP contribution is 2.11. The fraction of sp³-hybridized carbons (Fsp3) is 0.621. The van der Waals surface area contributed by atoms with Gasteiger partial charge in [0.05, 0.1) is 38.7 Å². The quantitative estimate of drug-likeness (QED) is 0.0269. The van der Waals surface area contributed by atoms with Crippen LogP contribution in [0.15, 0.2) is 0 Å². The normalized spacial score (nSPS) is 14.0. The van der Waals surface area contributed by atoms with Crippen LogP contribution in [-0.2, 0) is 105 Å². The van der Waals surface area contributed by atoms with Crippen LogP contribution in [0.2, 0.25) is 0 Å². The minimum atomic E-state index is -2.04. The minimum Gasteiger partial charge on any atom is -0.481 e. The Morgan fingerprint density at radius 1 is 0.269 bits per heavy atom. The molecule has 0 aromatic rings. The van der Waals surface area contributed by atoms with Crippen LogP contribution in [0.25, 0.3) is 0 Å². The molecule has 0 unspecified atom stereocenters. The molecule has 46 nitrogen and oxygen atoms in total. The molecule has 0 heterocycles. The van der Waals surface area contributed by atoms with Crippen molar-refractivity contribution in [2.75, 3.05) is 26.2 Å². The fourth-order valence-electron chi connectivity index (χ4n) is 8.64. The Morgan fingerprint density at radius 3 is 0.788 bits per heavy atom. The first-order chi connectivity index (χ1) is 48.4. The van der Waals surface area contributed by atoms with E-state index in [1.165, 1.54) is 13.8 Å². The number of hydrogen-bond donors (Lipinski definition) is 24. The van der Waals surface area contributed by atoms with E-state index in [1.807, 2.05) is 21.3 Å². The Morgan fingerprint density at radius 2 is 0.510 bits per heavy atom.